The molecule has 7 nitrogen and oxygen atoms in total. The van der Waals surface area contributed by atoms with Crippen molar-refractivity contribution in [2.75, 3.05) is 6.61 Å². The van der Waals surface area contributed by atoms with Crippen molar-refractivity contribution >= 4 is 35.0 Å². The molecule has 1 fully saturated rings. The first-order valence-corrected chi connectivity index (χ1v) is 11.6. The van der Waals surface area contributed by atoms with Gasteiger partial charge in [-0.2, -0.15) is 0 Å². The van der Waals surface area contributed by atoms with Crippen LogP contribution >= 0.6 is 23.2 Å². The number of amides is 2. The van der Waals surface area contributed by atoms with E-state index in [1.165, 1.54) is 4.90 Å². The van der Waals surface area contributed by atoms with Crippen LogP contribution in [-0.2, 0) is 14.3 Å². The number of nitrogens with zero attached hydrogens (tertiary/aromatic N) is 1. The zero-order chi connectivity index (χ0) is 24.1. The van der Waals surface area contributed by atoms with E-state index in [0.29, 0.717) is 34.0 Å². The first-order valence-electron chi connectivity index (χ1n) is 10.8. The molecule has 0 aliphatic carbocycles. The number of ether oxygens (including phenoxy) is 1. The maximum absolute atomic E-state index is 13.6. The lowest BCUT2D eigenvalue weighted by Crippen LogP contribution is -2.58. The van der Waals surface area contributed by atoms with Gasteiger partial charge in [-0.15, -0.1) is 0 Å². The molecular weight excluding hydrogens is 467 g/mol. The Labute approximate surface area is 203 Å². The first-order chi connectivity index (χ1) is 15.8. The molecule has 1 aliphatic heterocycles. The molecule has 0 aromatic heterocycles. The van der Waals surface area contributed by atoms with Gasteiger partial charge in [-0.3, -0.25) is 9.59 Å². The zero-order valence-corrected chi connectivity index (χ0v) is 19.7. The molecule has 178 valence electrons. The van der Waals surface area contributed by atoms with Gasteiger partial charge in [0.15, 0.2) is 0 Å². The highest BCUT2D eigenvalue weighted by Crippen LogP contribution is 2.44. The normalized spacial score (nSPS) is 22.8. The van der Waals surface area contributed by atoms with E-state index in [1.54, 1.807) is 42.5 Å². The minimum atomic E-state index is -1.16. The van der Waals surface area contributed by atoms with Crippen LogP contribution in [0, 0.1) is 0 Å². The van der Waals surface area contributed by atoms with Crippen LogP contribution in [0.3, 0.4) is 0 Å². The van der Waals surface area contributed by atoms with E-state index >= 15 is 0 Å². The van der Waals surface area contributed by atoms with Gasteiger partial charge >= 0.3 is 0 Å². The second kappa shape index (κ2) is 11.3. The van der Waals surface area contributed by atoms with Gasteiger partial charge in [0.25, 0.3) is 5.91 Å². The highest BCUT2D eigenvalue weighted by molar-refractivity contribution is 6.30. The van der Waals surface area contributed by atoms with E-state index < -0.39 is 48.8 Å². The Bertz CT molecular complexity index is 972. The van der Waals surface area contributed by atoms with Crippen LogP contribution in [0.5, 0.6) is 0 Å². The molecule has 0 unspecified atom stereocenters. The molecule has 2 aromatic rings. The van der Waals surface area contributed by atoms with Crippen LogP contribution in [0.15, 0.2) is 48.5 Å². The standard InChI is InChI=1S/C24H28Cl2N2O5/c1-2-4-19(23(27)31)28-21(14-7-9-16(25)10-8-14)22(15-5-3-6-17(26)11-15)33-20(24(28)32)12-18(30)13-29/h3,5-11,18-22,29-30H,2,4,12-13H2,1H3,(H2,27,31)/t18-,19+,20-,21+,22-/m1/s1. The average molecular weight is 495 g/mol. The molecule has 1 heterocycles. The summed E-state index contributed by atoms with van der Waals surface area (Å²) in [5.41, 5.74) is 7.16. The maximum atomic E-state index is 13.6. The molecule has 4 N–H and O–H groups in total. The summed E-state index contributed by atoms with van der Waals surface area (Å²) < 4.78 is 6.24. The molecule has 2 amide bonds. The number of aliphatic hydroxyl groups is 2. The van der Waals surface area contributed by atoms with Gasteiger partial charge in [0.2, 0.25) is 5.91 Å². The fourth-order valence-electron chi connectivity index (χ4n) is 4.22. The largest absolute Gasteiger partial charge is 0.394 e. The number of hydrogen-bond acceptors (Lipinski definition) is 5. The number of benzene rings is 2. The van der Waals surface area contributed by atoms with E-state index in [0.717, 1.165) is 0 Å². The van der Waals surface area contributed by atoms with Crippen molar-refractivity contribution < 1.29 is 24.5 Å². The molecule has 2 aromatic carbocycles. The molecular formula is C24H28Cl2N2O5. The molecule has 0 bridgehead atoms. The molecule has 0 saturated carbocycles. The molecule has 5 atom stereocenters. The van der Waals surface area contributed by atoms with Crippen molar-refractivity contribution in [3.8, 4) is 0 Å². The highest BCUT2D eigenvalue weighted by Gasteiger charge is 2.48. The van der Waals surface area contributed by atoms with Gasteiger partial charge in [-0.25, -0.2) is 0 Å². The summed E-state index contributed by atoms with van der Waals surface area (Å²) in [6, 6.07) is 12.4. The van der Waals surface area contributed by atoms with Gasteiger partial charge in [0, 0.05) is 16.5 Å². The van der Waals surface area contributed by atoms with Crippen molar-refractivity contribution in [3.63, 3.8) is 0 Å². The van der Waals surface area contributed by atoms with E-state index in [9.17, 15) is 19.8 Å². The van der Waals surface area contributed by atoms with E-state index in [1.807, 2.05) is 13.0 Å². The number of carbonyl (C=O) groups is 2. The van der Waals surface area contributed by atoms with Crippen molar-refractivity contribution in [3.05, 3.63) is 69.7 Å². The van der Waals surface area contributed by atoms with Gasteiger partial charge in [-0.1, -0.05) is 60.8 Å². The maximum Gasteiger partial charge on any atom is 0.253 e. The Morgan fingerprint density at radius 1 is 1.15 bits per heavy atom. The Kier molecular flexibility index (Phi) is 8.73. The van der Waals surface area contributed by atoms with Crippen LogP contribution in [0.4, 0.5) is 0 Å². The smallest absolute Gasteiger partial charge is 0.253 e. The van der Waals surface area contributed by atoms with Crippen LogP contribution in [-0.4, -0.2) is 51.8 Å². The number of aliphatic hydroxyl groups excluding tert-OH is 2. The lowest BCUT2D eigenvalue weighted by molar-refractivity contribution is -0.185. The summed E-state index contributed by atoms with van der Waals surface area (Å²) in [7, 11) is 0. The topological polar surface area (TPSA) is 113 Å². The van der Waals surface area contributed by atoms with Gasteiger partial charge in [0.05, 0.1) is 18.8 Å². The first kappa shape index (κ1) is 25.5. The SMILES string of the molecule is CCC[C@@H](C(N)=O)N1C(=O)[C@@H](C[C@@H](O)CO)O[C@H](c2cccc(Cl)c2)[C@@H]1c1ccc(Cl)cc1. The molecule has 1 saturated heterocycles. The van der Waals surface area contributed by atoms with Gasteiger partial charge in [0.1, 0.15) is 18.2 Å². The predicted molar refractivity (Wildman–Crippen MR) is 126 cm³/mol. The number of primary amides is 1. The highest BCUT2D eigenvalue weighted by atomic mass is 35.5. The number of nitrogens with two attached hydrogens (primary N) is 1. The third-order valence-corrected chi connectivity index (χ3v) is 6.23. The van der Waals surface area contributed by atoms with Crippen molar-refractivity contribution in [1.29, 1.82) is 0 Å². The van der Waals surface area contributed by atoms with Gasteiger partial charge in [-0.05, 0) is 41.8 Å². The van der Waals surface area contributed by atoms with E-state index in [4.69, 9.17) is 33.7 Å². The summed E-state index contributed by atoms with van der Waals surface area (Å²) in [6.45, 7) is 1.38. The monoisotopic (exact) mass is 494 g/mol. The molecule has 3 rings (SSSR count). The van der Waals surface area contributed by atoms with E-state index in [-0.39, 0.29) is 6.42 Å². The van der Waals surface area contributed by atoms with Crippen molar-refractivity contribution in [2.24, 2.45) is 5.73 Å². The number of hydrogen-bond donors (Lipinski definition) is 3. The Balaban J connectivity index is 2.18. The summed E-state index contributed by atoms with van der Waals surface area (Å²) >= 11 is 12.3. The van der Waals surface area contributed by atoms with Crippen LogP contribution in [0.25, 0.3) is 0 Å². The van der Waals surface area contributed by atoms with Crippen LogP contribution in [0.1, 0.15) is 49.5 Å². The lowest BCUT2D eigenvalue weighted by atomic mass is 9.88. The van der Waals surface area contributed by atoms with Crippen LogP contribution in [0.2, 0.25) is 10.0 Å². The van der Waals surface area contributed by atoms with Crippen molar-refractivity contribution in [1.82, 2.24) is 4.90 Å². The summed E-state index contributed by atoms with van der Waals surface area (Å²) in [5.74, 6) is -1.10. The van der Waals surface area contributed by atoms with Gasteiger partial charge < -0.3 is 25.6 Å². The molecule has 1 aliphatic rings. The lowest BCUT2D eigenvalue weighted by Gasteiger charge is -2.47. The Morgan fingerprint density at radius 2 is 1.85 bits per heavy atom. The Morgan fingerprint density at radius 3 is 2.42 bits per heavy atom. The average Bonchev–Trinajstić information content (AvgIpc) is 2.79. The number of morpholine rings is 1. The molecule has 9 heteroatoms. The second-order valence-corrected chi connectivity index (χ2v) is 8.99. The molecule has 33 heavy (non-hydrogen) atoms. The molecule has 0 radical (unpaired) electrons. The third-order valence-electron chi connectivity index (χ3n) is 5.74. The summed E-state index contributed by atoms with van der Waals surface area (Å²) in [5, 5.41) is 20.4. The summed E-state index contributed by atoms with van der Waals surface area (Å²) in [4.78, 5) is 27.6. The second-order valence-electron chi connectivity index (χ2n) is 8.12. The fraction of sp³-hybridized carbons (Fsp3) is 0.417. The molecule has 0 spiro atoms. The quantitative estimate of drug-likeness (QED) is 0.494. The number of rotatable bonds is 9. The third kappa shape index (κ3) is 5.86. The number of halogens is 2. The number of carbonyl (C=O) groups excluding carboxylic acids is 2. The van der Waals surface area contributed by atoms with Crippen molar-refractivity contribution in [2.45, 2.75) is 56.6 Å². The minimum Gasteiger partial charge on any atom is -0.394 e. The summed E-state index contributed by atoms with van der Waals surface area (Å²) in [6.07, 6.45) is -2.10. The van der Waals surface area contributed by atoms with E-state index in [2.05, 4.69) is 0 Å². The zero-order valence-electron chi connectivity index (χ0n) is 18.2. The van der Waals surface area contributed by atoms with Crippen LogP contribution < -0.4 is 5.73 Å². The minimum absolute atomic E-state index is 0.131. The predicted octanol–water partition coefficient (Wildman–Crippen LogP) is 3.40. The fourth-order valence-corrected chi connectivity index (χ4v) is 4.54. The Hall–Kier alpha value is -2.16.